The first-order valence-corrected chi connectivity index (χ1v) is 8.94. The molecule has 5 nitrogen and oxygen atoms in total. The van der Waals surface area contributed by atoms with Gasteiger partial charge in [0.2, 0.25) is 0 Å². The van der Waals surface area contributed by atoms with Crippen molar-refractivity contribution in [3.05, 3.63) is 38.8 Å². The zero-order valence-corrected chi connectivity index (χ0v) is 18.3. The van der Waals surface area contributed by atoms with E-state index in [-0.39, 0.29) is 24.0 Å². The number of hydrogen-bond donors (Lipinski definition) is 2. The van der Waals surface area contributed by atoms with Crippen LogP contribution in [0.4, 0.5) is 0 Å². The molecule has 0 unspecified atom stereocenters. The molecule has 0 bridgehead atoms. The lowest BCUT2D eigenvalue weighted by Crippen LogP contribution is -2.36. The minimum Gasteiger partial charge on any atom is -0.352 e. The van der Waals surface area contributed by atoms with Crippen molar-refractivity contribution in [3.8, 4) is 0 Å². The molecule has 0 saturated carbocycles. The van der Waals surface area contributed by atoms with Crippen LogP contribution in [0.15, 0.2) is 17.1 Å². The molecular weight excluding hydrogens is 433 g/mol. The van der Waals surface area contributed by atoms with Gasteiger partial charge >= 0.3 is 0 Å². The van der Waals surface area contributed by atoms with Crippen LogP contribution in [-0.2, 0) is 33.0 Å². The van der Waals surface area contributed by atoms with E-state index in [2.05, 4.69) is 53.6 Å². The summed E-state index contributed by atoms with van der Waals surface area (Å²) in [5, 5.41) is 11.4. The summed E-state index contributed by atoms with van der Waals surface area (Å²) in [5.74, 6) is 0.823. The molecule has 134 valence electrons. The molecule has 0 aliphatic heterocycles. The van der Waals surface area contributed by atoms with Gasteiger partial charge in [0.25, 0.3) is 0 Å². The molecular formula is C17H28IN5S. The summed E-state index contributed by atoms with van der Waals surface area (Å²) in [7, 11) is 3.83. The molecule has 0 spiro atoms. The Morgan fingerprint density at radius 1 is 1.21 bits per heavy atom. The van der Waals surface area contributed by atoms with Crippen molar-refractivity contribution >= 4 is 41.3 Å². The van der Waals surface area contributed by atoms with E-state index in [9.17, 15) is 0 Å². The van der Waals surface area contributed by atoms with E-state index >= 15 is 0 Å². The van der Waals surface area contributed by atoms with Gasteiger partial charge in [-0.05, 0) is 31.9 Å². The first-order chi connectivity index (χ1) is 11.1. The summed E-state index contributed by atoms with van der Waals surface area (Å²) in [6, 6.07) is 4.31. The van der Waals surface area contributed by atoms with Gasteiger partial charge in [-0.25, -0.2) is 0 Å². The molecule has 0 aromatic carbocycles. The van der Waals surface area contributed by atoms with E-state index in [0.29, 0.717) is 0 Å². The van der Waals surface area contributed by atoms with Gasteiger partial charge in [0.1, 0.15) is 0 Å². The molecule has 7 heteroatoms. The zero-order valence-electron chi connectivity index (χ0n) is 15.1. The molecule has 0 saturated heterocycles. The van der Waals surface area contributed by atoms with Gasteiger partial charge in [-0.2, -0.15) is 5.10 Å². The Balaban J connectivity index is 0.00000288. The normalized spacial score (nSPS) is 11.3. The Morgan fingerprint density at radius 3 is 2.46 bits per heavy atom. The van der Waals surface area contributed by atoms with Crippen LogP contribution in [-0.4, -0.2) is 22.8 Å². The lowest BCUT2D eigenvalue weighted by atomic mass is 10.1. The summed E-state index contributed by atoms with van der Waals surface area (Å²) in [5.41, 5.74) is 3.76. The monoisotopic (exact) mass is 461 g/mol. The standard InChI is InChI=1S/C17H27N5S.HI/c1-6-15-14(16(7-2)22(5)21-15)11-20-17(18-4)19-10-13-9-8-12(3)23-13;/h8-9H,6-7,10-11H2,1-5H3,(H2,18,19,20);1H. The predicted molar refractivity (Wildman–Crippen MR) is 113 cm³/mol. The lowest BCUT2D eigenvalue weighted by molar-refractivity contribution is 0.702. The van der Waals surface area contributed by atoms with Crippen molar-refractivity contribution in [2.45, 2.75) is 46.7 Å². The maximum absolute atomic E-state index is 4.62. The topological polar surface area (TPSA) is 54.2 Å². The summed E-state index contributed by atoms with van der Waals surface area (Å²) in [4.78, 5) is 6.96. The number of thiophene rings is 1. The molecule has 0 radical (unpaired) electrons. The minimum atomic E-state index is 0. The Kier molecular flexibility index (Phi) is 8.75. The van der Waals surface area contributed by atoms with Crippen molar-refractivity contribution in [3.63, 3.8) is 0 Å². The van der Waals surface area contributed by atoms with Crippen LogP contribution in [0, 0.1) is 6.92 Å². The van der Waals surface area contributed by atoms with E-state index in [1.54, 1.807) is 7.05 Å². The Morgan fingerprint density at radius 2 is 1.92 bits per heavy atom. The summed E-state index contributed by atoms with van der Waals surface area (Å²) < 4.78 is 2.00. The van der Waals surface area contributed by atoms with Gasteiger partial charge in [-0.1, -0.05) is 13.8 Å². The first-order valence-electron chi connectivity index (χ1n) is 8.12. The Bertz CT molecular complexity index is 675. The number of aromatic nitrogens is 2. The van der Waals surface area contributed by atoms with Crippen LogP contribution >= 0.6 is 35.3 Å². The van der Waals surface area contributed by atoms with Gasteiger partial charge < -0.3 is 10.6 Å². The zero-order chi connectivity index (χ0) is 16.8. The number of hydrogen-bond acceptors (Lipinski definition) is 3. The van der Waals surface area contributed by atoms with Crippen LogP contribution in [0.1, 0.15) is 40.6 Å². The number of halogens is 1. The second kappa shape index (κ2) is 10.0. The van der Waals surface area contributed by atoms with Crippen LogP contribution in [0.25, 0.3) is 0 Å². The molecule has 24 heavy (non-hydrogen) atoms. The van der Waals surface area contributed by atoms with Crippen LogP contribution in [0.3, 0.4) is 0 Å². The highest BCUT2D eigenvalue weighted by Gasteiger charge is 2.13. The molecule has 0 atom stereocenters. The van der Waals surface area contributed by atoms with Crippen LogP contribution < -0.4 is 10.6 Å². The number of rotatable bonds is 6. The fraction of sp³-hybridized carbons (Fsp3) is 0.529. The first kappa shape index (κ1) is 21.0. The van der Waals surface area contributed by atoms with Gasteiger partial charge in [0, 0.05) is 41.7 Å². The average Bonchev–Trinajstić information content (AvgIpc) is 3.10. The van der Waals surface area contributed by atoms with Crippen molar-refractivity contribution in [2.24, 2.45) is 12.0 Å². The maximum Gasteiger partial charge on any atom is 0.191 e. The number of nitrogens with one attached hydrogen (secondary N) is 2. The third-order valence-electron chi connectivity index (χ3n) is 3.91. The SMILES string of the molecule is CCc1nn(C)c(CC)c1CNC(=NC)NCc1ccc(C)s1.I. The maximum atomic E-state index is 4.62. The number of aryl methyl sites for hydroxylation is 3. The van der Waals surface area contributed by atoms with E-state index in [0.717, 1.165) is 31.9 Å². The van der Waals surface area contributed by atoms with Gasteiger partial charge in [-0.15, -0.1) is 35.3 Å². The highest BCUT2D eigenvalue weighted by molar-refractivity contribution is 14.0. The molecule has 2 N–H and O–H groups in total. The average molecular weight is 461 g/mol. The molecule has 0 aliphatic rings. The quantitative estimate of drug-likeness (QED) is 0.394. The summed E-state index contributed by atoms with van der Waals surface area (Å²) >= 11 is 1.81. The third-order valence-corrected chi connectivity index (χ3v) is 4.91. The largest absolute Gasteiger partial charge is 0.352 e. The second-order valence-electron chi connectivity index (χ2n) is 5.49. The minimum absolute atomic E-state index is 0. The molecule has 2 aromatic heterocycles. The van der Waals surface area contributed by atoms with Crippen LogP contribution in [0.5, 0.6) is 0 Å². The molecule has 0 amide bonds. The fourth-order valence-electron chi connectivity index (χ4n) is 2.74. The highest BCUT2D eigenvalue weighted by atomic mass is 127. The number of nitrogens with zero attached hydrogens (tertiary/aromatic N) is 3. The summed E-state index contributed by atoms with van der Waals surface area (Å²) in [6.07, 6.45) is 1.94. The van der Waals surface area contributed by atoms with Crippen molar-refractivity contribution < 1.29 is 0 Å². The van der Waals surface area contributed by atoms with Crippen molar-refractivity contribution in [1.82, 2.24) is 20.4 Å². The third kappa shape index (κ3) is 5.20. The van der Waals surface area contributed by atoms with E-state index in [1.807, 2.05) is 23.1 Å². The van der Waals surface area contributed by atoms with Gasteiger partial charge in [0.15, 0.2) is 5.96 Å². The highest BCUT2D eigenvalue weighted by Crippen LogP contribution is 2.16. The number of aliphatic imine (C=N–C) groups is 1. The van der Waals surface area contributed by atoms with E-state index in [1.165, 1.54) is 26.7 Å². The van der Waals surface area contributed by atoms with E-state index < -0.39 is 0 Å². The van der Waals surface area contributed by atoms with Crippen molar-refractivity contribution in [1.29, 1.82) is 0 Å². The second-order valence-corrected chi connectivity index (χ2v) is 6.87. The molecule has 0 aliphatic carbocycles. The fourth-order valence-corrected chi connectivity index (χ4v) is 3.57. The van der Waals surface area contributed by atoms with Crippen molar-refractivity contribution in [2.75, 3.05) is 7.05 Å². The Hall–Kier alpha value is -1.09. The lowest BCUT2D eigenvalue weighted by Gasteiger charge is -2.12. The predicted octanol–water partition coefficient (Wildman–Crippen LogP) is 3.40. The Labute approximate surface area is 166 Å². The van der Waals surface area contributed by atoms with E-state index in [4.69, 9.17) is 0 Å². The molecule has 2 rings (SSSR count). The summed E-state index contributed by atoms with van der Waals surface area (Å²) in [6.45, 7) is 8.00. The van der Waals surface area contributed by atoms with Crippen LogP contribution in [0.2, 0.25) is 0 Å². The molecule has 0 fully saturated rings. The number of guanidine groups is 1. The van der Waals surface area contributed by atoms with Gasteiger partial charge in [-0.3, -0.25) is 9.67 Å². The molecule has 2 aromatic rings. The van der Waals surface area contributed by atoms with Gasteiger partial charge in [0.05, 0.1) is 12.2 Å². The smallest absolute Gasteiger partial charge is 0.191 e. The molecule has 2 heterocycles.